The van der Waals surface area contributed by atoms with E-state index in [0.717, 1.165) is 5.56 Å². The minimum atomic E-state index is -0.810. The summed E-state index contributed by atoms with van der Waals surface area (Å²) in [6.07, 6.45) is -1.35. The van der Waals surface area contributed by atoms with Crippen LogP contribution >= 0.6 is 0 Å². The average Bonchev–Trinajstić information content (AvgIpc) is 2.43. The molecule has 0 heterocycles. The molecule has 3 atom stereocenters. The molecule has 0 spiro atoms. The number of Topliss-reactive ketones (excluding diaryl/α,β-unsaturated/α-hetero) is 1. The average molecular weight is 262 g/mol. The van der Waals surface area contributed by atoms with Gasteiger partial charge in [-0.05, 0) is 19.4 Å². The van der Waals surface area contributed by atoms with Crippen molar-refractivity contribution in [1.82, 2.24) is 0 Å². The second-order valence-corrected chi connectivity index (χ2v) is 4.92. The number of ketones is 1. The van der Waals surface area contributed by atoms with Crippen molar-refractivity contribution in [1.29, 1.82) is 0 Å². The molecule has 1 rings (SSSR count). The first kappa shape index (κ1) is 15.6. The van der Waals surface area contributed by atoms with Crippen molar-refractivity contribution in [2.24, 2.45) is 5.92 Å². The van der Waals surface area contributed by atoms with Gasteiger partial charge >= 0.3 is 0 Å². The van der Waals surface area contributed by atoms with Gasteiger partial charge in [-0.2, -0.15) is 0 Å². The van der Waals surface area contributed by atoms with Gasteiger partial charge in [-0.25, -0.2) is 0 Å². The van der Waals surface area contributed by atoms with E-state index < -0.39 is 18.1 Å². The second-order valence-electron chi connectivity index (χ2n) is 4.92. The molecule has 0 amide bonds. The van der Waals surface area contributed by atoms with Gasteiger partial charge in [0, 0.05) is 5.92 Å². The molecule has 3 nitrogen and oxygen atoms in total. The van der Waals surface area contributed by atoms with E-state index in [-0.39, 0.29) is 5.78 Å². The van der Waals surface area contributed by atoms with Crippen LogP contribution in [0.25, 0.3) is 0 Å². The molecule has 0 saturated carbocycles. The highest BCUT2D eigenvalue weighted by Crippen LogP contribution is 2.15. The van der Waals surface area contributed by atoms with Crippen LogP contribution in [0.2, 0.25) is 0 Å². The summed E-state index contributed by atoms with van der Waals surface area (Å²) >= 11 is 0. The summed E-state index contributed by atoms with van der Waals surface area (Å²) < 4.78 is 5.55. The number of hydrogen-bond acceptors (Lipinski definition) is 3. The van der Waals surface area contributed by atoms with E-state index in [0.29, 0.717) is 12.2 Å². The highest BCUT2D eigenvalue weighted by Gasteiger charge is 2.27. The number of carbonyl (C=O) groups excluding carboxylic acids is 1. The number of benzene rings is 1. The summed E-state index contributed by atoms with van der Waals surface area (Å²) in [7, 11) is 0. The van der Waals surface area contributed by atoms with E-state index in [9.17, 15) is 9.90 Å². The minimum absolute atomic E-state index is 0.105. The van der Waals surface area contributed by atoms with E-state index in [1.54, 1.807) is 20.8 Å². The molecule has 0 unspecified atom stereocenters. The fourth-order valence-electron chi connectivity index (χ4n) is 1.83. The molecule has 0 aromatic heterocycles. The first-order chi connectivity index (χ1) is 8.93. The van der Waals surface area contributed by atoms with Crippen LogP contribution in [0.5, 0.6) is 0 Å². The molecule has 0 fully saturated rings. The smallest absolute Gasteiger partial charge is 0.166 e. The quantitative estimate of drug-likeness (QED) is 0.769. The second kappa shape index (κ2) is 7.22. The Labute approximate surface area is 114 Å². The molecule has 1 aromatic rings. The van der Waals surface area contributed by atoms with E-state index >= 15 is 0 Å². The van der Waals surface area contributed by atoms with Gasteiger partial charge in [0.1, 0.15) is 6.10 Å². The SMILES string of the molecule is C=C(C)[C@@H](O)[C@@H](C)C(=O)[C@H](C)OCc1ccccc1. The Morgan fingerprint density at radius 2 is 1.89 bits per heavy atom. The Balaban J connectivity index is 2.51. The summed E-state index contributed by atoms with van der Waals surface area (Å²) in [4.78, 5) is 12.1. The molecule has 0 saturated heterocycles. The largest absolute Gasteiger partial charge is 0.388 e. The van der Waals surface area contributed by atoms with Crippen LogP contribution in [0.4, 0.5) is 0 Å². The molecule has 0 bridgehead atoms. The molecule has 0 aliphatic rings. The van der Waals surface area contributed by atoms with Gasteiger partial charge in [-0.15, -0.1) is 0 Å². The molecule has 1 aromatic carbocycles. The van der Waals surface area contributed by atoms with Gasteiger partial charge in [0.15, 0.2) is 5.78 Å². The lowest BCUT2D eigenvalue weighted by molar-refractivity contribution is -0.136. The molecule has 0 aliphatic carbocycles. The fourth-order valence-corrected chi connectivity index (χ4v) is 1.83. The van der Waals surface area contributed by atoms with Crippen molar-refractivity contribution in [3.05, 3.63) is 48.0 Å². The third-order valence-corrected chi connectivity index (χ3v) is 3.17. The third-order valence-electron chi connectivity index (χ3n) is 3.17. The number of ether oxygens (including phenoxy) is 1. The molecule has 104 valence electrons. The Kier molecular flexibility index (Phi) is 5.93. The third kappa shape index (κ3) is 4.62. The highest BCUT2D eigenvalue weighted by molar-refractivity contribution is 5.85. The fraction of sp³-hybridized carbons (Fsp3) is 0.438. The summed E-state index contributed by atoms with van der Waals surface area (Å²) in [6.45, 7) is 9.19. The maximum absolute atomic E-state index is 12.1. The van der Waals surface area contributed by atoms with E-state index in [4.69, 9.17) is 4.74 Å². The van der Waals surface area contributed by atoms with Gasteiger partial charge in [0.05, 0.1) is 12.7 Å². The van der Waals surface area contributed by atoms with Crippen molar-refractivity contribution in [3.8, 4) is 0 Å². The van der Waals surface area contributed by atoms with Gasteiger partial charge in [0.25, 0.3) is 0 Å². The summed E-state index contributed by atoms with van der Waals surface area (Å²) in [5.74, 6) is -0.602. The van der Waals surface area contributed by atoms with Crippen molar-refractivity contribution >= 4 is 5.78 Å². The number of carbonyl (C=O) groups is 1. The van der Waals surface area contributed by atoms with Crippen LogP contribution in [0.15, 0.2) is 42.5 Å². The minimum Gasteiger partial charge on any atom is -0.388 e. The van der Waals surface area contributed by atoms with Crippen molar-refractivity contribution in [3.63, 3.8) is 0 Å². The zero-order valence-electron chi connectivity index (χ0n) is 11.8. The van der Waals surface area contributed by atoms with Crippen LogP contribution in [0.3, 0.4) is 0 Å². The van der Waals surface area contributed by atoms with E-state index in [1.165, 1.54) is 0 Å². The number of aliphatic hydroxyl groups is 1. The first-order valence-corrected chi connectivity index (χ1v) is 6.46. The molecule has 0 aliphatic heterocycles. The Bertz CT molecular complexity index is 425. The zero-order valence-corrected chi connectivity index (χ0v) is 11.8. The van der Waals surface area contributed by atoms with E-state index in [2.05, 4.69) is 6.58 Å². The highest BCUT2D eigenvalue weighted by atomic mass is 16.5. The summed E-state index contributed by atoms with van der Waals surface area (Å²) in [6, 6.07) is 9.69. The lowest BCUT2D eigenvalue weighted by Gasteiger charge is -2.21. The lowest BCUT2D eigenvalue weighted by atomic mass is 9.93. The molecule has 3 heteroatoms. The van der Waals surface area contributed by atoms with Crippen LogP contribution in [0.1, 0.15) is 26.3 Å². The molecular weight excluding hydrogens is 240 g/mol. The maximum atomic E-state index is 12.1. The Morgan fingerprint density at radius 3 is 2.42 bits per heavy atom. The Morgan fingerprint density at radius 1 is 1.32 bits per heavy atom. The topological polar surface area (TPSA) is 46.5 Å². The summed E-state index contributed by atoms with van der Waals surface area (Å²) in [5, 5.41) is 9.82. The predicted molar refractivity (Wildman–Crippen MR) is 75.7 cm³/mol. The van der Waals surface area contributed by atoms with Gasteiger partial charge in [0.2, 0.25) is 0 Å². The van der Waals surface area contributed by atoms with Crippen LogP contribution in [-0.4, -0.2) is 23.1 Å². The van der Waals surface area contributed by atoms with Crippen molar-refractivity contribution < 1.29 is 14.6 Å². The Hall–Kier alpha value is -1.45. The standard InChI is InChI=1S/C16H22O3/c1-11(2)15(17)12(3)16(18)13(4)19-10-14-8-6-5-7-9-14/h5-9,12-13,15,17H,1,10H2,2-4H3/t12-,13+,15-/m1/s1. The van der Waals surface area contributed by atoms with Gasteiger partial charge in [-0.1, -0.05) is 49.4 Å². The number of rotatable bonds is 7. The first-order valence-electron chi connectivity index (χ1n) is 6.46. The van der Waals surface area contributed by atoms with Gasteiger partial charge < -0.3 is 9.84 Å². The number of aliphatic hydroxyl groups excluding tert-OH is 1. The number of hydrogen-bond donors (Lipinski definition) is 1. The molecular formula is C16H22O3. The normalized spacial score (nSPS) is 15.6. The summed E-state index contributed by atoms with van der Waals surface area (Å²) in [5.41, 5.74) is 1.62. The van der Waals surface area contributed by atoms with Crippen LogP contribution in [-0.2, 0) is 16.1 Å². The monoisotopic (exact) mass is 262 g/mol. The van der Waals surface area contributed by atoms with Crippen molar-refractivity contribution in [2.45, 2.75) is 39.6 Å². The van der Waals surface area contributed by atoms with E-state index in [1.807, 2.05) is 30.3 Å². The molecule has 1 N–H and O–H groups in total. The molecule has 19 heavy (non-hydrogen) atoms. The predicted octanol–water partition coefficient (Wildman–Crippen LogP) is 2.73. The maximum Gasteiger partial charge on any atom is 0.166 e. The lowest BCUT2D eigenvalue weighted by Crippen LogP contribution is -2.34. The molecule has 0 radical (unpaired) electrons. The van der Waals surface area contributed by atoms with Crippen molar-refractivity contribution in [2.75, 3.05) is 0 Å². The van der Waals surface area contributed by atoms with Gasteiger partial charge in [-0.3, -0.25) is 4.79 Å². The van der Waals surface area contributed by atoms with Crippen LogP contribution < -0.4 is 0 Å². The zero-order chi connectivity index (χ0) is 14.4. The van der Waals surface area contributed by atoms with Crippen LogP contribution in [0, 0.1) is 5.92 Å².